The summed E-state index contributed by atoms with van der Waals surface area (Å²) >= 11 is 6.07. The second kappa shape index (κ2) is 28.0. The number of carbonyl (C=O) groups is 4. The highest BCUT2D eigenvalue weighted by Crippen LogP contribution is 2.37. The van der Waals surface area contributed by atoms with E-state index >= 15 is 0 Å². The van der Waals surface area contributed by atoms with Crippen molar-refractivity contribution >= 4 is 35.4 Å². The summed E-state index contributed by atoms with van der Waals surface area (Å²) in [5, 5.41) is 28.9. The number of nitrogens with one attached hydrogen (secondary N) is 2. The van der Waals surface area contributed by atoms with Gasteiger partial charge in [-0.1, -0.05) is 11.6 Å². The number of alkyl carbamates (subject to hydrolysis) is 2. The van der Waals surface area contributed by atoms with Gasteiger partial charge >= 0.3 is 12.2 Å². The van der Waals surface area contributed by atoms with Gasteiger partial charge in [-0.05, 0) is 224 Å². The summed E-state index contributed by atoms with van der Waals surface area (Å²) in [6.45, 7) is 25.6. The van der Waals surface area contributed by atoms with Crippen LogP contribution in [0.2, 0.25) is 5.02 Å². The number of methoxy groups -OCH3 is 2. The second-order valence-electron chi connectivity index (χ2n) is 23.9. The zero-order chi connectivity index (χ0) is 63.5. The fourth-order valence-electron chi connectivity index (χ4n) is 8.66. The third-order valence-electron chi connectivity index (χ3n) is 13.4. The number of benzene rings is 4. The summed E-state index contributed by atoms with van der Waals surface area (Å²) in [4.78, 5) is 61.0. The molecule has 0 fully saturated rings. The topological polar surface area (TPSA) is 214 Å². The Morgan fingerprint density at radius 1 is 0.518 bits per heavy atom. The summed E-state index contributed by atoms with van der Waals surface area (Å²) in [6, 6.07) is 26.9. The molecule has 4 aromatic carbocycles. The molecular formula is C66H81ClF2N4O12. The minimum atomic E-state index is -1.55. The largest absolute Gasteiger partial charge is 0.493 e. The number of aromatic nitrogens is 2. The van der Waals surface area contributed by atoms with Crippen molar-refractivity contribution < 1.29 is 66.6 Å². The lowest BCUT2D eigenvalue weighted by molar-refractivity contribution is 0.0392. The minimum absolute atomic E-state index is 0.00725. The molecule has 0 aliphatic rings. The number of hydrogen-bond acceptors (Lipinski definition) is 14. The first-order valence-electron chi connectivity index (χ1n) is 27.9. The maximum atomic E-state index is 14.0. The molecule has 0 aliphatic heterocycles. The van der Waals surface area contributed by atoms with Gasteiger partial charge in [0.05, 0.1) is 66.3 Å². The van der Waals surface area contributed by atoms with Crippen LogP contribution in [0.5, 0.6) is 23.0 Å². The standard InChI is InChI=1S/C33H40ClFN2O6.C33H41FN2O6/c1-9-42-27-13-11-21(17-28(27)41-8)26(38)14-15-33(7,40)29-19-22(32(5,6)37-30(39)43-31(2,3)4)18-25(36-29)20-10-12-24(35)23(34)16-20;1-9-41-27-15-12-22(18-28(27)40-8)26(37)16-17-33(7,39)29-20-23(32(5,6)36-30(38)42-31(2,3)4)19-25(35-29)21-10-13-24(34)14-11-21/h10-13,16-19,40H,9,14-15H2,1-8H3,(H,37,39);10-15,18-20,39H,9,16-17H2,1-8H3,(H,36,38). The van der Waals surface area contributed by atoms with Crippen molar-refractivity contribution in [3.8, 4) is 45.5 Å². The molecule has 16 nitrogen and oxygen atoms in total. The fourth-order valence-corrected chi connectivity index (χ4v) is 8.84. The average molecular weight is 1200 g/mol. The lowest BCUT2D eigenvalue weighted by atomic mass is 9.87. The first-order chi connectivity index (χ1) is 39.5. The summed E-state index contributed by atoms with van der Waals surface area (Å²) < 4.78 is 60.3. The molecule has 19 heteroatoms. The molecule has 0 saturated heterocycles. The third kappa shape index (κ3) is 19.4. The molecule has 0 saturated carbocycles. The summed E-state index contributed by atoms with van der Waals surface area (Å²) in [5.41, 5.74) is -1.70. The zero-order valence-electron chi connectivity index (χ0n) is 51.6. The minimum Gasteiger partial charge on any atom is -0.493 e. The molecule has 85 heavy (non-hydrogen) atoms. The number of aliphatic hydroxyl groups is 2. The first kappa shape index (κ1) is 68.1. The van der Waals surface area contributed by atoms with E-state index in [0.29, 0.717) is 86.7 Å². The summed E-state index contributed by atoms with van der Waals surface area (Å²) in [5.74, 6) is 0.618. The number of ketones is 2. The molecule has 6 aromatic rings. The van der Waals surface area contributed by atoms with E-state index < -0.39 is 57.3 Å². The Balaban J connectivity index is 0.000000311. The van der Waals surface area contributed by atoms with Gasteiger partial charge in [-0.3, -0.25) is 9.59 Å². The van der Waals surface area contributed by atoms with Crippen LogP contribution < -0.4 is 29.6 Å². The van der Waals surface area contributed by atoms with Gasteiger partial charge in [0, 0.05) is 35.1 Å². The van der Waals surface area contributed by atoms with Crippen molar-refractivity contribution in [3.63, 3.8) is 0 Å². The highest BCUT2D eigenvalue weighted by atomic mass is 35.5. The molecular weight excluding hydrogens is 1110 g/mol. The monoisotopic (exact) mass is 1190 g/mol. The average Bonchev–Trinajstić information content (AvgIpc) is 2.01. The van der Waals surface area contributed by atoms with E-state index in [1.807, 2.05) is 27.7 Å². The van der Waals surface area contributed by atoms with Crippen LogP contribution in [-0.2, 0) is 31.8 Å². The normalized spacial score (nSPS) is 13.2. The van der Waals surface area contributed by atoms with E-state index in [-0.39, 0.29) is 48.0 Å². The van der Waals surface area contributed by atoms with Gasteiger partial charge in [0.2, 0.25) is 0 Å². The Bertz CT molecular complexity index is 3330. The number of hydrogen-bond donors (Lipinski definition) is 4. The van der Waals surface area contributed by atoms with Crippen molar-refractivity contribution in [1.29, 1.82) is 0 Å². The molecule has 2 aromatic heterocycles. The predicted molar refractivity (Wildman–Crippen MR) is 324 cm³/mol. The predicted octanol–water partition coefficient (Wildman–Crippen LogP) is 14.5. The molecule has 2 heterocycles. The van der Waals surface area contributed by atoms with Gasteiger partial charge < -0.3 is 49.3 Å². The fraction of sp³-hybridized carbons (Fsp3) is 0.424. The Morgan fingerprint density at radius 3 is 1.27 bits per heavy atom. The SMILES string of the molecule is CCOc1ccc(C(=O)CCC(C)(O)c2cc(C(C)(C)NC(=O)OC(C)(C)C)cc(-c3ccc(F)c(Cl)c3)n2)cc1OC.CCOc1ccc(C(=O)CCC(C)(O)c2cc(C(C)(C)NC(=O)OC(C)(C)C)cc(-c3ccc(F)cc3)n2)cc1OC. The quantitative estimate of drug-likeness (QED) is 0.0466. The van der Waals surface area contributed by atoms with Gasteiger partial charge in [0.25, 0.3) is 0 Å². The zero-order valence-corrected chi connectivity index (χ0v) is 52.3. The van der Waals surface area contributed by atoms with E-state index in [1.165, 1.54) is 44.6 Å². The van der Waals surface area contributed by atoms with Crippen LogP contribution in [0, 0.1) is 11.6 Å². The Labute approximate surface area is 502 Å². The van der Waals surface area contributed by atoms with Crippen LogP contribution in [0.3, 0.4) is 0 Å². The number of rotatable bonds is 22. The molecule has 0 bridgehead atoms. The van der Waals surface area contributed by atoms with Crippen LogP contribution in [0.1, 0.15) is 166 Å². The molecule has 4 N–H and O–H groups in total. The van der Waals surface area contributed by atoms with E-state index in [9.17, 15) is 38.2 Å². The number of amides is 2. The number of nitrogens with zero attached hydrogens (tertiary/aromatic N) is 2. The Hall–Kier alpha value is -7.67. The maximum Gasteiger partial charge on any atom is 0.408 e. The van der Waals surface area contributed by atoms with Crippen LogP contribution in [0.15, 0.2) is 103 Å². The molecule has 0 radical (unpaired) electrons. The lowest BCUT2D eigenvalue weighted by Gasteiger charge is -2.31. The van der Waals surface area contributed by atoms with E-state index in [0.717, 1.165) is 0 Å². The highest BCUT2D eigenvalue weighted by molar-refractivity contribution is 6.31. The van der Waals surface area contributed by atoms with Gasteiger partial charge in [-0.15, -0.1) is 0 Å². The number of halogens is 3. The Kier molecular flexibility index (Phi) is 22.5. The van der Waals surface area contributed by atoms with Crippen LogP contribution in [-0.4, -0.2) is 82.6 Å². The van der Waals surface area contributed by atoms with Gasteiger partial charge in [-0.2, -0.15) is 0 Å². The van der Waals surface area contributed by atoms with Gasteiger partial charge in [-0.25, -0.2) is 28.3 Å². The first-order valence-corrected chi connectivity index (χ1v) is 28.3. The van der Waals surface area contributed by atoms with Crippen molar-refractivity contribution in [3.05, 3.63) is 153 Å². The summed E-state index contributed by atoms with van der Waals surface area (Å²) in [7, 11) is 3.01. The van der Waals surface area contributed by atoms with Crippen LogP contribution in [0.4, 0.5) is 18.4 Å². The Morgan fingerprint density at radius 2 is 0.906 bits per heavy atom. The molecule has 458 valence electrons. The molecule has 6 rings (SSSR count). The number of ether oxygens (including phenoxy) is 6. The van der Waals surface area contributed by atoms with E-state index in [4.69, 9.17) is 45.0 Å². The third-order valence-corrected chi connectivity index (χ3v) is 13.7. The number of pyridine rings is 2. The van der Waals surface area contributed by atoms with Crippen molar-refractivity contribution in [2.45, 2.75) is 156 Å². The molecule has 2 unspecified atom stereocenters. The highest BCUT2D eigenvalue weighted by Gasteiger charge is 2.34. The van der Waals surface area contributed by atoms with Crippen molar-refractivity contribution in [1.82, 2.24) is 20.6 Å². The van der Waals surface area contributed by atoms with Crippen LogP contribution >= 0.6 is 11.6 Å². The molecule has 2 atom stereocenters. The lowest BCUT2D eigenvalue weighted by Crippen LogP contribution is -2.44. The molecule has 2 amide bonds. The van der Waals surface area contributed by atoms with Crippen LogP contribution in [0.25, 0.3) is 22.5 Å². The summed E-state index contributed by atoms with van der Waals surface area (Å²) in [6.07, 6.45) is -1.07. The maximum absolute atomic E-state index is 14.0. The number of Topliss-reactive ketones (excluding diaryl/α,β-unsaturated/α-hetero) is 2. The van der Waals surface area contributed by atoms with E-state index in [2.05, 4.69) is 15.6 Å². The van der Waals surface area contributed by atoms with Crippen molar-refractivity contribution in [2.24, 2.45) is 0 Å². The van der Waals surface area contributed by atoms with Crippen molar-refractivity contribution in [2.75, 3.05) is 27.4 Å². The smallest absolute Gasteiger partial charge is 0.408 e. The van der Waals surface area contributed by atoms with E-state index in [1.54, 1.807) is 142 Å². The second-order valence-corrected chi connectivity index (χ2v) is 24.3. The van der Waals surface area contributed by atoms with Gasteiger partial charge in [0.15, 0.2) is 34.6 Å². The molecule has 0 aliphatic carbocycles. The van der Waals surface area contributed by atoms with Gasteiger partial charge in [0.1, 0.15) is 34.0 Å². The number of carbonyl (C=O) groups excluding carboxylic acids is 4. The molecule has 0 spiro atoms.